The van der Waals surface area contributed by atoms with Gasteiger partial charge in [0.05, 0.1) is 12.5 Å². The Bertz CT molecular complexity index is 735. The van der Waals surface area contributed by atoms with Crippen molar-refractivity contribution in [2.45, 2.75) is 51.5 Å². The maximum atomic E-state index is 12.8. The number of aryl methyl sites for hydroxylation is 3. The van der Waals surface area contributed by atoms with Crippen LogP contribution in [-0.4, -0.2) is 22.5 Å². The minimum Gasteiger partial charge on any atom is -0.361 e. The summed E-state index contributed by atoms with van der Waals surface area (Å²) in [6.07, 6.45) is 6.08. The van der Waals surface area contributed by atoms with Crippen molar-refractivity contribution in [2.75, 3.05) is 6.54 Å². The molecule has 23 heavy (non-hydrogen) atoms. The van der Waals surface area contributed by atoms with Gasteiger partial charge in [-0.2, -0.15) is 0 Å². The second kappa shape index (κ2) is 5.84. The van der Waals surface area contributed by atoms with Crippen molar-refractivity contribution in [3.8, 4) is 0 Å². The number of aromatic nitrogens is 1. The molecule has 0 spiro atoms. The normalized spacial score (nSPS) is 20.0. The van der Waals surface area contributed by atoms with E-state index >= 15 is 0 Å². The highest BCUT2D eigenvalue weighted by atomic mass is 16.5. The van der Waals surface area contributed by atoms with Crippen LogP contribution < -0.4 is 0 Å². The highest BCUT2D eigenvalue weighted by Crippen LogP contribution is 2.32. The largest absolute Gasteiger partial charge is 0.361 e. The third-order valence-corrected chi connectivity index (χ3v) is 5.08. The third kappa shape index (κ3) is 2.78. The molecule has 0 radical (unpaired) electrons. The van der Waals surface area contributed by atoms with Crippen LogP contribution in [0.15, 0.2) is 28.8 Å². The van der Waals surface area contributed by atoms with E-state index in [1.807, 2.05) is 17.9 Å². The smallest absolute Gasteiger partial charge is 0.227 e. The molecule has 2 heterocycles. The average molecular weight is 310 g/mol. The van der Waals surface area contributed by atoms with Crippen LogP contribution in [0, 0.1) is 6.92 Å². The van der Waals surface area contributed by atoms with Crippen molar-refractivity contribution >= 4 is 5.91 Å². The lowest BCUT2D eigenvalue weighted by Crippen LogP contribution is -2.32. The first-order chi connectivity index (χ1) is 11.2. The molecule has 1 atom stereocenters. The van der Waals surface area contributed by atoms with Crippen LogP contribution in [0.3, 0.4) is 0 Å². The van der Waals surface area contributed by atoms with E-state index in [1.165, 1.54) is 24.0 Å². The standard InChI is InChI=1S/C19H22N2O2/c1-13-10-17(20-23-13)18-6-3-9-21(18)19(22)12-14-7-8-15-4-2-5-16(15)11-14/h7-8,10-11,18H,2-6,9,12H2,1H3/t18-/m0/s1. The predicted octanol–water partition coefficient (Wildman–Crippen LogP) is 3.38. The van der Waals surface area contributed by atoms with Gasteiger partial charge in [0.2, 0.25) is 5.91 Å². The van der Waals surface area contributed by atoms with Crippen LogP contribution in [-0.2, 0) is 24.1 Å². The van der Waals surface area contributed by atoms with Gasteiger partial charge in [0, 0.05) is 12.6 Å². The fourth-order valence-electron chi connectivity index (χ4n) is 3.93. The van der Waals surface area contributed by atoms with Gasteiger partial charge in [-0.15, -0.1) is 0 Å². The maximum Gasteiger partial charge on any atom is 0.227 e. The maximum absolute atomic E-state index is 12.8. The van der Waals surface area contributed by atoms with Crippen LogP contribution in [0.1, 0.15) is 53.4 Å². The van der Waals surface area contributed by atoms with E-state index in [2.05, 4.69) is 23.4 Å². The zero-order valence-electron chi connectivity index (χ0n) is 13.5. The molecule has 1 fully saturated rings. The van der Waals surface area contributed by atoms with Gasteiger partial charge in [-0.3, -0.25) is 4.79 Å². The molecule has 4 rings (SSSR count). The van der Waals surface area contributed by atoms with E-state index in [-0.39, 0.29) is 11.9 Å². The predicted molar refractivity (Wildman–Crippen MR) is 87.1 cm³/mol. The molecule has 1 aliphatic carbocycles. The zero-order valence-corrected chi connectivity index (χ0v) is 13.5. The minimum absolute atomic E-state index is 0.0781. The number of amides is 1. The summed E-state index contributed by atoms with van der Waals surface area (Å²) in [5.74, 6) is 1.00. The summed E-state index contributed by atoms with van der Waals surface area (Å²) in [5, 5.41) is 4.12. The molecule has 0 unspecified atom stereocenters. The first-order valence-electron chi connectivity index (χ1n) is 8.54. The number of likely N-dealkylation sites (tertiary alicyclic amines) is 1. The van der Waals surface area contributed by atoms with Gasteiger partial charge in [-0.05, 0) is 55.7 Å². The molecule has 1 amide bonds. The van der Waals surface area contributed by atoms with Gasteiger partial charge >= 0.3 is 0 Å². The molecule has 1 aromatic carbocycles. The van der Waals surface area contributed by atoms with Crippen molar-refractivity contribution in [2.24, 2.45) is 0 Å². The molecule has 0 saturated carbocycles. The molecule has 2 aliphatic rings. The lowest BCUT2D eigenvalue weighted by molar-refractivity contribution is -0.131. The fourth-order valence-corrected chi connectivity index (χ4v) is 3.93. The first-order valence-corrected chi connectivity index (χ1v) is 8.54. The molecule has 1 aromatic heterocycles. The van der Waals surface area contributed by atoms with Crippen LogP contribution in [0.25, 0.3) is 0 Å². The number of fused-ring (bicyclic) bond motifs is 1. The second-order valence-corrected chi connectivity index (χ2v) is 6.74. The quantitative estimate of drug-likeness (QED) is 0.873. The summed E-state index contributed by atoms with van der Waals surface area (Å²) in [6.45, 7) is 2.71. The Morgan fingerprint density at radius 2 is 2.13 bits per heavy atom. The number of hydrogen-bond acceptors (Lipinski definition) is 3. The second-order valence-electron chi connectivity index (χ2n) is 6.74. The van der Waals surface area contributed by atoms with Crippen LogP contribution in [0.5, 0.6) is 0 Å². The number of hydrogen-bond donors (Lipinski definition) is 0. The van der Waals surface area contributed by atoms with Crippen LogP contribution in [0.4, 0.5) is 0 Å². The third-order valence-electron chi connectivity index (χ3n) is 5.08. The molecular formula is C19H22N2O2. The monoisotopic (exact) mass is 310 g/mol. The molecule has 2 aromatic rings. The van der Waals surface area contributed by atoms with E-state index in [0.29, 0.717) is 6.42 Å². The summed E-state index contributed by atoms with van der Waals surface area (Å²) in [5.41, 5.74) is 4.92. The topological polar surface area (TPSA) is 46.3 Å². The van der Waals surface area contributed by atoms with Crippen molar-refractivity contribution in [3.63, 3.8) is 0 Å². The first kappa shape index (κ1) is 14.5. The van der Waals surface area contributed by atoms with Gasteiger partial charge in [0.15, 0.2) is 0 Å². The minimum atomic E-state index is 0.0781. The lowest BCUT2D eigenvalue weighted by Gasteiger charge is -2.23. The SMILES string of the molecule is Cc1cc([C@@H]2CCCN2C(=O)Cc2ccc3c(c2)CCC3)no1. The lowest BCUT2D eigenvalue weighted by atomic mass is 10.0. The number of benzene rings is 1. The Balaban J connectivity index is 1.50. The van der Waals surface area contributed by atoms with Gasteiger partial charge in [0.1, 0.15) is 11.5 Å². The number of nitrogens with zero attached hydrogens (tertiary/aromatic N) is 2. The molecule has 120 valence electrons. The molecule has 4 nitrogen and oxygen atoms in total. The zero-order chi connectivity index (χ0) is 15.8. The van der Waals surface area contributed by atoms with E-state index in [0.717, 1.165) is 42.8 Å². The Morgan fingerprint density at radius 3 is 2.96 bits per heavy atom. The molecular weight excluding hydrogens is 288 g/mol. The van der Waals surface area contributed by atoms with Crippen molar-refractivity contribution in [3.05, 3.63) is 52.4 Å². The molecule has 4 heteroatoms. The number of rotatable bonds is 3. The fraction of sp³-hybridized carbons (Fsp3) is 0.474. The number of carbonyl (C=O) groups excluding carboxylic acids is 1. The summed E-state index contributed by atoms with van der Waals surface area (Å²) >= 11 is 0. The average Bonchev–Trinajstić information content (AvgIpc) is 3.26. The molecule has 0 bridgehead atoms. The molecule has 0 N–H and O–H groups in total. The van der Waals surface area contributed by atoms with Crippen LogP contribution >= 0.6 is 0 Å². The highest BCUT2D eigenvalue weighted by Gasteiger charge is 2.32. The Labute approximate surface area is 136 Å². The Kier molecular flexibility index (Phi) is 3.68. The Hall–Kier alpha value is -2.10. The van der Waals surface area contributed by atoms with Gasteiger partial charge < -0.3 is 9.42 Å². The molecule has 1 saturated heterocycles. The van der Waals surface area contributed by atoms with Crippen molar-refractivity contribution in [1.82, 2.24) is 10.1 Å². The van der Waals surface area contributed by atoms with Crippen LogP contribution in [0.2, 0.25) is 0 Å². The van der Waals surface area contributed by atoms with Gasteiger partial charge in [-0.1, -0.05) is 23.4 Å². The molecule has 1 aliphatic heterocycles. The summed E-state index contributed by atoms with van der Waals surface area (Å²) in [4.78, 5) is 14.7. The summed E-state index contributed by atoms with van der Waals surface area (Å²) in [7, 11) is 0. The Morgan fingerprint density at radius 1 is 1.26 bits per heavy atom. The van der Waals surface area contributed by atoms with E-state index in [9.17, 15) is 4.79 Å². The summed E-state index contributed by atoms with van der Waals surface area (Å²) in [6, 6.07) is 8.58. The summed E-state index contributed by atoms with van der Waals surface area (Å²) < 4.78 is 5.19. The van der Waals surface area contributed by atoms with Gasteiger partial charge in [0.25, 0.3) is 0 Å². The van der Waals surface area contributed by atoms with E-state index in [1.54, 1.807) is 0 Å². The highest BCUT2D eigenvalue weighted by molar-refractivity contribution is 5.79. The van der Waals surface area contributed by atoms with Crippen molar-refractivity contribution < 1.29 is 9.32 Å². The van der Waals surface area contributed by atoms with E-state index < -0.39 is 0 Å². The van der Waals surface area contributed by atoms with Gasteiger partial charge in [-0.25, -0.2) is 0 Å². The van der Waals surface area contributed by atoms with E-state index in [4.69, 9.17) is 4.52 Å². The number of carbonyl (C=O) groups is 1. The van der Waals surface area contributed by atoms with Crippen molar-refractivity contribution in [1.29, 1.82) is 0 Å².